The van der Waals surface area contributed by atoms with Crippen molar-refractivity contribution in [1.82, 2.24) is 4.90 Å². The number of carbonyl (C=O) groups excluding carboxylic acids is 1. The van der Waals surface area contributed by atoms with Gasteiger partial charge >= 0.3 is 0 Å². The minimum absolute atomic E-state index is 0.118. The van der Waals surface area contributed by atoms with Gasteiger partial charge in [-0.1, -0.05) is 67.1 Å². The molecule has 236 valence electrons. The van der Waals surface area contributed by atoms with Crippen LogP contribution in [0.1, 0.15) is 72.8 Å². The minimum atomic E-state index is -0.924. The summed E-state index contributed by atoms with van der Waals surface area (Å²) in [5.74, 6) is 3.30. The second-order valence-corrected chi connectivity index (χ2v) is 14.3. The molecule has 3 aromatic carbocycles. The Hall–Kier alpha value is -3.29. The second kappa shape index (κ2) is 12.5. The first kappa shape index (κ1) is 30.4. The fourth-order valence-corrected chi connectivity index (χ4v) is 8.89. The molecule has 3 aliphatic carbocycles. The first-order chi connectivity index (χ1) is 22.0. The van der Waals surface area contributed by atoms with E-state index in [1.165, 1.54) is 30.4 Å². The van der Waals surface area contributed by atoms with Crippen molar-refractivity contribution in [2.75, 3.05) is 21.3 Å². The molecule has 0 aromatic heterocycles. The molecule has 2 spiro atoms. The highest BCUT2D eigenvalue weighted by Crippen LogP contribution is 2.63. The number of thioether (sulfide) groups is 1. The van der Waals surface area contributed by atoms with Gasteiger partial charge in [-0.05, 0) is 103 Å². The lowest BCUT2D eigenvalue weighted by atomic mass is 9.61. The Kier molecular flexibility index (Phi) is 8.42. The number of ether oxygens (including phenoxy) is 3. The summed E-state index contributed by atoms with van der Waals surface area (Å²) in [5.41, 5.74) is 4.75. The zero-order valence-electron chi connectivity index (χ0n) is 26.7. The average molecular weight is 625 g/mol. The predicted octanol–water partition coefficient (Wildman–Crippen LogP) is 7.71. The number of aryl methyl sites for hydroxylation is 1. The summed E-state index contributed by atoms with van der Waals surface area (Å²) >= 11 is 1.66. The number of nitrogens with zero attached hydrogens (tertiary/aromatic N) is 2. The molecule has 1 unspecified atom stereocenters. The van der Waals surface area contributed by atoms with Crippen molar-refractivity contribution in [2.45, 2.75) is 81.7 Å². The molecule has 1 atom stereocenters. The third kappa shape index (κ3) is 5.67. The van der Waals surface area contributed by atoms with Crippen LogP contribution in [0.25, 0.3) is 0 Å². The molecule has 1 amide bonds. The van der Waals surface area contributed by atoms with Crippen molar-refractivity contribution in [3.63, 3.8) is 0 Å². The minimum Gasteiger partial charge on any atom is -0.497 e. The molecule has 1 aliphatic heterocycles. The number of fused-ring (bicyclic) bond motifs is 3. The molecule has 2 saturated carbocycles. The molecular weight excluding hydrogens is 580 g/mol. The third-order valence-electron chi connectivity index (χ3n) is 10.6. The van der Waals surface area contributed by atoms with Crippen LogP contribution in [0.15, 0.2) is 71.7 Å². The van der Waals surface area contributed by atoms with Crippen molar-refractivity contribution in [1.29, 1.82) is 0 Å². The lowest BCUT2D eigenvalue weighted by Gasteiger charge is -2.45. The molecular formula is C38H44N2O4S. The van der Waals surface area contributed by atoms with E-state index in [9.17, 15) is 0 Å². The Morgan fingerprint density at radius 3 is 2.27 bits per heavy atom. The van der Waals surface area contributed by atoms with Crippen LogP contribution < -0.4 is 9.47 Å². The number of rotatable bonds is 10. The van der Waals surface area contributed by atoms with E-state index < -0.39 is 5.54 Å². The van der Waals surface area contributed by atoms with Gasteiger partial charge in [0.15, 0.2) is 10.7 Å². The number of amides is 1. The first-order valence-corrected chi connectivity index (χ1v) is 17.4. The monoisotopic (exact) mass is 624 g/mol. The molecule has 0 bridgehead atoms. The molecule has 4 aliphatic rings. The zero-order chi connectivity index (χ0) is 31.0. The Labute approximate surface area is 271 Å². The first-order valence-electron chi connectivity index (χ1n) is 16.4. The van der Waals surface area contributed by atoms with Gasteiger partial charge in [-0.25, -0.2) is 4.99 Å². The summed E-state index contributed by atoms with van der Waals surface area (Å²) in [5, 5.41) is 0.801. The highest BCUT2D eigenvalue weighted by molar-refractivity contribution is 8.13. The van der Waals surface area contributed by atoms with Gasteiger partial charge in [-0.15, -0.1) is 0 Å². The van der Waals surface area contributed by atoms with Gasteiger partial charge in [0.25, 0.3) is 5.91 Å². The van der Waals surface area contributed by atoms with Gasteiger partial charge in [0, 0.05) is 18.3 Å². The van der Waals surface area contributed by atoms with Gasteiger partial charge in [-0.2, -0.15) is 0 Å². The lowest BCUT2D eigenvalue weighted by Crippen LogP contribution is -2.51. The van der Waals surface area contributed by atoms with E-state index in [1.807, 2.05) is 42.3 Å². The van der Waals surface area contributed by atoms with Gasteiger partial charge < -0.3 is 14.2 Å². The van der Waals surface area contributed by atoms with Crippen LogP contribution in [0.3, 0.4) is 0 Å². The number of hydrogen-bond donors (Lipinski definition) is 0. The normalized spacial score (nSPS) is 25.6. The van der Waals surface area contributed by atoms with E-state index in [2.05, 4.69) is 36.4 Å². The van der Waals surface area contributed by atoms with Gasteiger partial charge in [-0.3, -0.25) is 9.69 Å². The maximum Gasteiger partial charge on any atom is 0.262 e. The van der Waals surface area contributed by atoms with E-state index in [-0.39, 0.29) is 17.4 Å². The Bertz CT molecular complexity index is 1590. The number of carbonyl (C=O) groups is 1. The predicted molar refractivity (Wildman–Crippen MR) is 180 cm³/mol. The lowest BCUT2D eigenvalue weighted by molar-refractivity contribution is -0.138. The Balaban J connectivity index is 1.31. The van der Waals surface area contributed by atoms with Crippen LogP contribution in [-0.2, 0) is 40.2 Å². The molecule has 0 radical (unpaired) electrons. The number of hydrogen-bond acceptors (Lipinski definition) is 6. The Morgan fingerprint density at radius 2 is 1.58 bits per heavy atom. The number of benzene rings is 3. The van der Waals surface area contributed by atoms with Crippen LogP contribution in [0.5, 0.6) is 11.5 Å². The van der Waals surface area contributed by atoms with Crippen molar-refractivity contribution < 1.29 is 19.0 Å². The molecule has 7 heteroatoms. The topological polar surface area (TPSA) is 60.4 Å². The smallest absolute Gasteiger partial charge is 0.262 e. The quantitative estimate of drug-likeness (QED) is 0.231. The highest BCUT2D eigenvalue weighted by Gasteiger charge is 2.66. The Morgan fingerprint density at radius 1 is 0.867 bits per heavy atom. The second-order valence-electron chi connectivity index (χ2n) is 13.4. The summed E-state index contributed by atoms with van der Waals surface area (Å²) in [7, 11) is 5.19. The van der Waals surface area contributed by atoms with Gasteiger partial charge in [0.1, 0.15) is 11.5 Å². The standard InChI is InChI=1S/C38H44N2O4S/c1-42-31-16-18-37(19-17-31)23-30-15-14-27(13-12-26-10-11-26)22-34(30)38(37)35(41)40(24-28-6-4-8-32(20-28)43-2)36(39-38)45-25-29-7-5-9-33(21-29)44-3/h4-9,14-15,20-22,26,31H,10-13,16-19,23-25H2,1-3H3. The van der Waals surface area contributed by atoms with Crippen LogP contribution in [0.2, 0.25) is 0 Å². The highest BCUT2D eigenvalue weighted by atomic mass is 32.2. The molecule has 0 N–H and O–H groups in total. The van der Waals surface area contributed by atoms with E-state index >= 15 is 4.79 Å². The van der Waals surface area contributed by atoms with Crippen LogP contribution in [0, 0.1) is 11.3 Å². The van der Waals surface area contributed by atoms with Gasteiger partial charge in [0.05, 0.1) is 26.9 Å². The molecule has 2 fully saturated rings. The number of aliphatic imine (C=N–C) groups is 1. The van der Waals surface area contributed by atoms with Crippen molar-refractivity contribution in [3.05, 3.63) is 94.5 Å². The van der Waals surface area contributed by atoms with Crippen LogP contribution >= 0.6 is 11.8 Å². The van der Waals surface area contributed by atoms with E-state index in [1.54, 1.807) is 26.0 Å². The fourth-order valence-electron chi connectivity index (χ4n) is 7.91. The fraction of sp³-hybridized carbons (Fsp3) is 0.474. The van der Waals surface area contributed by atoms with E-state index in [0.717, 1.165) is 77.8 Å². The largest absolute Gasteiger partial charge is 0.497 e. The molecule has 7 rings (SSSR count). The summed E-state index contributed by atoms with van der Waals surface area (Å²) in [6, 6.07) is 23.2. The molecule has 1 heterocycles. The summed E-state index contributed by atoms with van der Waals surface area (Å²) in [4.78, 5) is 22.9. The van der Waals surface area contributed by atoms with Crippen LogP contribution in [0.4, 0.5) is 0 Å². The summed E-state index contributed by atoms with van der Waals surface area (Å²) in [6.45, 7) is 0.454. The van der Waals surface area contributed by atoms with E-state index in [4.69, 9.17) is 19.2 Å². The zero-order valence-corrected chi connectivity index (χ0v) is 27.5. The molecule has 3 aromatic rings. The third-order valence-corrected chi connectivity index (χ3v) is 11.7. The average Bonchev–Trinajstić information content (AvgIpc) is 3.83. The molecule has 45 heavy (non-hydrogen) atoms. The van der Waals surface area contributed by atoms with E-state index in [0.29, 0.717) is 12.3 Å². The van der Waals surface area contributed by atoms with Crippen LogP contribution in [-0.4, -0.2) is 43.4 Å². The van der Waals surface area contributed by atoms with Crippen molar-refractivity contribution in [3.8, 4) is 11.5 Å². The van der Waals surface area contributed by atoms with Crippen molar-refractivity contribution >= 4 is 22.8 Å². The van der Waals surface area contributed by atoms with Gasteiger partial charge in [0.2, 0.25) is 0 Å². The maximum absolute atomic E-state index is 15.3. The maximum atomic E-state index is 15.3. The SMILES string of the molecule is COc1cccc(CSC2=NC3(C(=O)N2Cc2cccc(OC)c2)c2cc(CCC4CC4)ccc2CC32CCC(OC)CC2)c1. The number of amidine groups is 1. The number of methoxy groups -OCH3 is 3. The molecule has 0 saturated heterocycles. The molecule has 6 nitrogen and oxygen atoms in total. The summed E-state index contributed by atoms with van der Waals surface area (Å²) in [6.07, 6.45) is 9.88. The van der Waals surface area contributed by atoms with Crippen molar-refractivity contribution in [2.24, 2.45) is 16.3 Å². The summed E-state index contributed by atoms with van der Waals surface area (Å²) < 4.78 is 16.9.